The Morgan fingerprint density at radius 2 is 1.84 bits per heavy atom. The lowest BCUT2D eigenvalue weighted by Gasteiger charge is -2.25. The van der Waals surface area contributed by atoms with E-state index in [9.17, 15) is 22.0 Å². The molecule has 0 fully saturated rings. The second-order valence-corrected chi connectivity index (χ2v) is 6.68. The molecule has 114 valence electrons. The molecule has 0 aliphatic carbocycles. The summed E-state index contributed by atoms with van der Waals surface area (Å²) in [6, 6.07) is 0. The molecule has 19 heavy (non-hydrogen) atoms. The number of esters is 1. The minimum atomic E-state index is -4.79. The Bertz CT molecular complexity index is 417. The third-order valence-electron chi connectivity index (χ3n) is 3.00. The van der Waals surface area contributed by atoms with Gasteiger partial charge in [-0.25, -0.2) is 8.78 Å². The molecule has 1 unspecified atom stereocenters. The SMILES string of the molecule is CCC(C)(C)C(=O)OCC(C)C(F)(F)CS(=O)(=O)O. The number of rotatable bonds is 7. The van der Waals surface area contributed by atoms with Gasteiger partial charge in [-0.1, -0.05) is 13.8 Å². The van der Waals surface area contributed by atoms with Crippen LogP contribution in [0.15, 0.2) is 0 Å². The van der Waals surface area contributed by atoms with E-state index in [1.54, 1.807) is 20.8 Å². The van der Waals surface area contributed by atoms with Gasteiger partial charge in [0.15, 0.2) is 0 Å². The van der Waals surface area contributed by atoms with Gasteiger partial charge in [0.05, 0.1) is 17.9 Å². The van der Waals surface area contributed by atoms with Crippen molar-refractivity contribution in [3.05, 3.63) is 0 Å². The summed E-state index contributed by atoms with van der Waals surface area (Å²) < 4.78 is 60.9. The zero-order chi connectivity index (χ0) is 15.5. The van der Waals surface area contributed by atoms with Crippen LogP contribution in [0.3, 0.4) is 0 Å². The van der Waals surface area contributed by atoms with Crippen LogP contribution in [0.25, 0.3) is 0 Å². The number of hydrogen-bond donors (Lipinski definition) is 1. The molecule has 0 aliphatic heterocycles. The fourth-order valence-electron chi connectivity index (χ4n) is 1.05. The van der Waals surface area contributed by atoms with Crippen molar-refractivity contribution in [1.29, 1.82) is 0 Å². The van der Waals surface area contributed by atoms with E-state index in [4.69, 9.17) is 9.29 Å². The van der Waals surface area contributed by atoms with Gasteiger partial charge in [-0.15, -0.1) is 0 Å². The van der Waals surface area contributed by atoms with E-state index in [1.165, 1.54) is 0 Å². The van der Waals surface area contributed by atoms with Gasteiger partial charge in [0, 0.05) is 0 Å². The molecule has 0 aromatic heterocycles. The van der Waals surface area contributed by atoms with Crippen molar-refractivity contribution >= 4 is 16.1 Å². The minimum absolute atomic E-state index is 0.488. The number of alkyl halides is 2. The molecular formula is C11H20F2O5S. The van der Waals surface area contributed by atoms with Crippen LogP contribution in [0.5, 0.6) is 0 Å². The van der Waals surface area contributed by atoms with E-state index in [2.05, 4.69) is 0 Å². The molecule has 0 rings (SSSR count). The van der Waals surface area contributed by atoms with E-state index >= 15 is 0 Å². The lowest BCUT2D eigenvalue weighted by atomic mass is 9.90. The number of ether oxygens (including phenoxy) is 1. The van der Waals surface area contributed by atoms with E-state index in [0.717, 1.165) is 6.92 Å². The molecule has 0 spiro atoms. The highest BCUT2D eigenvalue weighted by Gasteiger charge is 2.42. The average molecular weight is 302 g/mol. The van der Waals surface area contributed by atoms with Crippen LogP contribution in [0.2, 0.25) is 0 Å². The van der Waals surface area contributed by atoms with Gasteiger partial charge in [0.2, 0.25) is 0 Å². The van der Waals surface area contributed by atoms with Gasteiger partial charge >= 0.3 is 5.97 Å². The standard InChI is InChI=1S/C11H20F2O5S/c1-5-10(3,4)9(14)18-6-8(2)11(12,13)7-19(15,16)17/h8H,5-7H2,1-4H3,(H,15,16,17). The summed E-state index contributed by atoms with van der Waals surface area (Å²) in [5.74, 6) is -7.48. The zero-order valence-electron chi connectivity index (χ0n) is 11.4. The molecule has 0 saturated heterocycles. The second-order valence-electron chi connectivity index (χ2n) is 5.22. The summed E-state index contributed by atoms with van der Waals surface area (Å²) in [4.78, 5) is 11.6. The largest absolute Gasteiger partial charge is 0.465 e. The number of carbonyl (C=O) groups excluding carboxylic acids is 1. The van der Waals surface area contributed by atoms with Gasteiger partial charge in [-0.05, 0) is 20.3 Å². The maximum absolute atomic E-state index is 13.4. The van der Waals surface area contributed by atoms with E-state index in [0.29, 0.717) is 6.42 Å². The van der Waals surface area contributed by atoms with Crippen LogP contribution in [0, 0.1) is 11.3 Å². The highest BCUT2D eigenvalue weighted by atomic mass is 32.2. The zero-order valence-corrected chi connectivity index (χ0v) is 12.3. The maximum Gasteiger partial charge on any atom is 0.311 e. The monoisotopic (exact) mass is 302 g/mol. The van der Waals surface area contributed by atoms with Crippen molar-refractivity contribution in [1.82, 2.24) is 0 Å². The first-order valence-corrected chi connectivity index (χ1v) is 7.43. The Hall–Kier alpha value is -0.760. The van der Waals surface area contributed by atoms with Gasteiger partial charge in [0.1, 0.15) is 5.75 Å². The number of carbonyl (C=O) groups is 1. The fraction of sp³-hybridized carbons (Fsp3) is 0.909. The Morgan fingerprint density at radius 1 is 1.37 bits per heavy atom. The van der Waals surface area contributed by atoms with Crippen molar-refractivity contribution in [3.8, 4) is 0 Å². The van der Waals surface area contributed by atoms with Crippen molar-refractivity contribution in [2.75, 3.05) is 12.4 Å². The highest BCUT2D eigenvalue weighted by molar-refractivity contribution is 7.85. The average Bonchev–Trinajstić information content (AvgIpc) is 2.21. The summed E-state index contributed by atoms with van der Waals surface area (Å²) in [5, 5.41) is 0. The fourth-order valence-corrected chi connectivity index (χ4v) is 1.82. The molecule has 0 heterocycles. The first-order chi connectivity index (χ1) is 8.32. The minimum Gasteiger partial charge on any atom is -0.465 e. The molecule has 1 N–H and O–H groups in total. The van der Waals surface area contributed by atoms with Crippen LogP contribution in [-0.4, -0.2) is 37.2 Å². The maximum atomic E-state index is 13.4. The molecular weight excluding hydrogens is 282 g/mol. The third-order valence-corrected chi connectivity index (χ3v) is 3.75. The van der Waals surface area contributed by atoms with E-state index in [1.807, 2.05) is 0 Å². The first-order valence-electron chi connectivity index (χ1n) is 5.82. The molecule has 8 heteroatoms. The lowest BCUT2D eigenvalue weighted by Crippen LogP contribution is -2.38. The predicted octanol–water partition coefficient (Wildman–Crippen LogP) is 2.12. The van der Waals surface area contributed by atoms with E-state index < -0.39 is 45.7 Å². The molecule has 0 amide bonds. The van der Waals surface area contributed by atoms with Crippen LogP contribution in [0.4, 0.5) is 8.78 Å². The highest BCUT2D eigenvalue weighted by Crippen LogP contribution is 2.28. The summed E-state index contributed by atoms with van der Waals surface area (Å²) in [5.41, 5.74) is -0.780. The van der Waals surface area contributed by atoms with Crippen LogP contribution in [-0.2, 0) is 19.6 Å². The normalized spacial score (nSPS) is 15.1. The summed E-state index contributed by atoms with van der Waals surface area (Å²) >= 11 is 0. The smallest absolute Gasteiger partial charge is 0.311 e. The summed E-state index contributed by atoms with van der Waals surface area (Å²) in [7, 11) is -4.79. The lowest BCUT2D eigenvalue weighted by molar-refractivity contribution is -0.159. The molecule has 1 atom stereocenters. The van der Waals surface area contributed by atoms with Crippen molar-refractivity contribution in [3.63, 3.8) is 0 Å². The molecule has 0 bridgehead atoms. The van der Waals surface area contributed by atoms with Gasteiger partial charge in [-0.3, -0.25) is 9.35 Å². The van der Waals surface area contributed by atoms with Crippen molar-refractivity contribution in [2.45, 2.75) is 40.0 Å². The van der Waals surface area contributed by atoms with E-state index in [-0.39, 0.29) is 0 Å². The quantitative estimate of drug-likeness (QED) is 0.575. The summed E-state index contributed by atoms with van der Waals surface area (Å²) in [6.45, 7) is 5.45. The van der Waals surface area contributed by atoms with Gasteiger partial charge in [0.25, 0.3) is 16.0 Å². The predicted molar refractivity (Wildman–Crippen MR) is 65.6 cm³/mol. The Morgan fingerprint density at radius 3 is 2.21 bits per heavy atom. The molecule has 0 aromatic carbocycles. The molecule has 0 aromatic rings. The van der Waals surface area contributed by atoms with Crippen molar-refractivity contribution < 1.29 is 31.3 Å². The second kappa shape index (κ2) is 6.13. The number of halogens is 2. The Labute approximate surface area is 112 Å². The molecule has 0 aliphatic rings. The molecule has 0 radical (unpaired) electrons. The van der Waals surface area contributed by atoms with Gasteiger partial charge < -0.3 is 4.74 Å². The van der Waals surface area contributed by atoms with Crippen LogP contribution in [0.1, 0.15) is 34.1 Å². The summed E-state index contributed by atoms with van der Waals surface area (Å²) in [6.07, 6.45) is 0.488. The molecule has 0 saturated carbocycles. The Balaban J connectivity index is 4.55. The topological polar surface area (TPSA) is 80.7 Å². The van der Waals surface area contributed by atoms with Crippen LogP contribution < -0.4 is 0 Å². The van der Waals surface area contributed by atoms with Gasteiger partial charge in [-0.2, -0.15) is 8.42 Å². The Kier molecular flexibility index (Phi) is 5.88. The third kappa shape index (κ3) is 6.29. The van der Waals surface area contributed by atoms with Crippen molar-refractivity contribution in [2.24, 2.45) is 11.3 Å². The molecule has 5 nitrogen and oxygen atoms in total. The first kappa shape index (κ1) is 18.2. The number of hydrogen-bond acceptors (Lipinski definition) is 4. The van der Waals surface area contributed by atoms with Crippen LogP contribution >= 0.6 is 0 Å².